The number of aryl methyl sites for hydroxylation is 3. The van der Waals surface area contributed by atoms with Gasteiger partial charge in [0.25, 0.3) is 0 Å². The van der Waals surface area contributed by atoms with Crippen LogP contribution in [0, 0.1) is 13.8 Å². The molecule has 0 saturated carbocycles. The molecule has 2 aromatic rings. The second-order valence-corrected chi connectivity index (χ2v) is 6.27. The molecule has 1 aromatic carbocycles. The Kier molecular flexibility index (Phi) is 3.13. The molecule has 0 fully saturated rings. The molecule has 2 heteroatoms. The Labute approximate surface area is 113 Å². The van der Waals surface area contributed by atoms with Gasteiger partial charge in [0, 0.05) is 10.6 Å². The first-order chi connectivity index (χ1) is 8.72. The van der Waals surface area contributed by atoms with Gasteiger partial charge in [-0.15, -0.1) is 11.3 Å². The van der Waals surface area contributed by atoms with Crippen LogP contribution in [0.5, 0.6) is 0 Å². The molecule has 94 valence electrons. The van der Waals surface area contributed by atoms with E-state index < -0.39 is 0 Å². The van der Waals surface area contributed by atoms with Crippen LogP contribution in [0.25, 0.3) is 0 Å². The molecule has 1 nitrogen and oxygen atoms in total. The average molecular weight is 257 g/mol. The van der Waals surface area contributed by atoms with Crippen molar-refractivity contribution in [2.75, 3.05) is 5.32 Å². The number of hydrogen-bond acceptors (Lipinski definition) is 2. The first-order valence-corrected chi connectivity index (χ1v) is 7.51. The van der Waals surface area contributed by atoms with E-state index in [0.29, 0.717) is 6.04 Å². The minimum absolute atomic E-state index is 0.501. The quantitative estimate of drug-likeness (QED) is 0.810. The van der Waals surface area contributed by atoms with Crippen LogP contribution in [-0.4, -0.2) is 0 Å². The molecule has 1 aliphatic rings. The van der Waals surface area contributed by atoms with Crippen molar-refractivity contribution in [3.63, 3.8) is 0 Å². The third-order valence-electron chi connectivity index (χ3n) is 3.61. The summed E-state index contributed by atoms with van der Waals surface area (Å²) >= 11 is 1.91. The lowest BCUT2D eigenvalue weighted by Gasteiger charge is -2.25. The summed E-state index contributed by atoms with van der Waals surface area (Å²) in [6.45, 7) is 4.32. The highest BCUT2D eigenvalue weighted by atomic mass is 32.1. The maximum absolute atomic E-state index is 3.71. The number of thiophene rings is 1. The van der Waals surface area contributed by atoms with Crippen molar-refractivity contribution in [1.82, 2.24) is 0 Å². The second-order valence-electron chi connectivity index (χ2n) is 5.26. The van der Waals surface area contributed by atoms with Crippen molar-refractivity contribution >= 4 is 17.0 Å². The van der Waals surface area contributed by atoms with Gasteiger partial charge in [-0.3, -0.25) is 0 Å². The fourth-order valence-corrected chi connectivity index (χ4v) is 3.88. The lowest BCUT2D eigenvalue weighted by Crippen LogP contribution is -2.15. The van der Waals surface area contributed by atoms with E-state index in [1.54, 1.807) is 4.88 Å². The van der Waals surface area contributed by atoms with Crippen molar-refractivity contribution in [1.29, 1.82) is 0 Å². The van der Waals surface area contributed by atoms with Crippen LogP contribution >= 0.6 is 11.3 Å². The van der Waals surface area contributed by atoms with Gasteiger partial charge in [0.05, 0.1) is 6.04 Å². The van der Waals surface area contributed by atoms with Crippen molar-refractivity contribution in [2.24, 2.45) is 0 Å². The number of benzene rings is 1. The van der Waals surface area contributed by atoms with Gasteiger partial charge < -0.3 is 5.32 Å². The first-order valence-electron chi connectivity index (χ1n) is 6.63. The van der Waals surface area contributed by atoms with Crippen LogP contribution in [0.3, 0.4) is 0 Å². The number of anilines is 1. The third kappa shape index (κ3) is 2.30. The van der Waals surface area contributed by atoms with Gasteiger partial charge in [-0.1, -0.05) is 6.07 Å². The van der Waals surface area contributed by atoms with Crippen LogP contribution in [0.15, 0.2) is 29.6 Å². The molecule has 1 heterocycles. The van der Waals surface area contributed by atoms with E-state index >= 15 is 0 Å². The Hall–Kier alpha value is -1.28. The third-order valence-corrected chi connectivity index (χ3v) is 4.61. The zero-order chi connectivity index (χ0) is 12.5. The predicted molar refractivity (Wildman–Crippen MR) is 79.5 cm³/mol. The van der Waals surface area contributed by atoms with Gasteiger partial charge in [0.2, 0.25) is 0 Å². The molecule has 1 N–H and O–H groups in total. The molecule has 18 heavy (non-hydrogen) atoms. The van der Waals surface area contributed by atoms with E-state index in [1.165, 1.54) is 41.6 Å². The fraction of sp³-hybridized carbons (Fsp3) is 0.375. The van der Waals surface area contributed by atoms with Crippen molar-refractivity contribution in [3.05, 3.63) is 51.2 Å². The van der Waals surface area contributed by atoms with Gasteiger partial charge in [0.1, 0.15) is 0 Å². The second kappa shape index (κ2) is 4.77. The Bertz CT molecular complexity index is 536. The maximum atomic E-state index is 3.71. The molecule has 1 aliphatic carbocycles. The number of fused-ring (bicyclic) bond motifs is 1. The van der Waals surface area contributed by atoms with E-state index in [1.807, 2.05) is 11.3 Å². The highest BCUT2D eigenvalue weighted by Gasteiger charge is 2.20. The first kappa shape index (κ1) is 11.8. The maximum Gasteiger partial charge on any atom is 0.0524 e. The van der Waals surface area contributed by atoms with E-state index in [4.69, 9.17) is 0 Å². The number of hydrogen-bond donors (Lipinski definition) is 1. The Morgan fingerprint density at radius 2 is 1.94 bits per heavy atom. The minimum Gasteiger partial charge on any atom is -0.378 e. The highest BCUT2D eigenvalue weighted by molar-refractivity contribution is 7.10. The molecule has 0 amide bonds. The predicted octanol–water partition coefficient (Wildman–Crippen LogP) is 4.85. The molecule has 1 aromatic heterocycles. The fourth-order valence-electron chi connectivity index (χ4n) is 2.90. The monoisotopic (exact) mass is 257 g/mol. The minimum atomic E-state index is 0.501. The Balaban J connectivity index is 1.86. The van der Waals surface area contributed by atoms with Crippen LogP contribution in [0.1, 0.15) is 40.5 Å². The Morgan fingerprint density at radius 3 is 2.72 bits per heavy atom. The molecule has 0 aliphatic heterocycles. The van der Waals surface area contributed by atoms with Gasteiger partial charge in [0.15, 0.2) is 0 Å². The van der Waals surface area contributed by atoms with E-state index in [0.717, 1.165) is 0 Å². The van der Waals surface area contributed by atoms with Crippen LogP contribution in [0.4, 0.5) is 5.69 Å². The molecule has 1 unspecified atom stereocenters. The topological polar surface area (TPSA) is 12.0 Å². The molecule has 3 rings (SSSR count). The van der Waals surface area contributed by atoms with Gasteiger partial charge in [-0.2, -0.15) is 0 Å². The van der Waals surface area contributed by atoms with Crippen LogP contribution in [-0.2, 0) is 6.42 Å². The van der Waals surface area contributed by atoms with Crippen LogP contribution < -0.4 is 5.32 Å². The normalized spacial score (nSPS) is 18.4. The molecular formula is C16H19NS. The lowest BCUT2D eigenvalue weighted by molar-refractivity contribution is 0.609. The summed E-state index contributed by atoms with van der Waals surface area (Å²) in [4.78, 5) is 1.57. The molecular weight excluding hydrogens is 238 g/mol. The Morgan fingerprint density at radius 1 is 1.17 bits per heavy atom. The molecule has 0 bridgehead atoms. The van der Waals surface area contributed by atoms with E-state index in [2.05, 4.69) is 48.8 Å². The average Bonchev–Trinajstić information content (AvgIpc) is 2.76. The summed E-state index contributed by atoms with van der Waals surface area (Å²) in [6, 6.07) is 9.50. The number of nitrogens with one attached hydrogen (secondary N) is 1. The van der Waals surface area contributed by atoms with Crippen LogP contribution in [0.2, 0.25) is 0 Å². The SMILES string of the molecule is Cc1cc(C)cc(NC2CCCc3sccc32)c1. The van der Waals surface area contributed by atoms with Crippen molar-refractivity contribution in [2.45, 2.75) is 39.2 Å². The van der Waals surface area contributed by atoms with Gasteiger partial charge in [-0.25, -0.2) is 0 Å². The zero-order valence-corrected chi connectivity index (χ0v) is 11.8. The molecule has 0 spiro atoms. The lowest BCUT2D eigenvalue weighted by atomic mass is 9.93. The highest BCUT2D eigenvalue weighted by Crippen LogP contribution is 2.35. The van der Waals surface area contributed by atoms with E-state index in [-0.39, 0.29) is 0 Å². The summed E-state index contributed by atoms with van der Waals surface area (Å²) in [5.41, 5.74) is 5.44. The number of rotatable bonds is 2. The molecule has 1 atom stereocenters. The largest absolute Gasteiger partial charge is 0.378 e. The molecule has 0 saturated heterocycles. The summed E-state index contributed by atoms with van der Waals surface area (Å²) in [5.74, 6) is 0. The van der Waals surface area contributed by atoms with Crippen molar-refractivity contribution < 1.29 is 0 Å². The summed E-state index contributed by atoms with van der Waals surface area (Å²) < 4.78 is 0. The van der Waals surface area contributed by atoms with Gasteiger partial charge in [-0.05, 0) is 73.4 Å². The van der Waals surface area contributed by atoms with E-state index in [9.17, 15) is 0 Å². The summed E-state index contributed by atoms with van der Waals surface area (Å²) in [6.07, 6.45) is 3.81. The van der Waals surface area contributed by atoms with Gasteiger partial charge >= 0.3 is 0 Å². The molecule has 0 radical (unpaired) electrons. The standard InChI is InChI=1S/C16H19NS/c1-11-8-12(2)10-13(9-11)17-15-4-3-5-16-14(15)6-7-18-16/h6-10,15,17H,3-5H2,1-2H3. The van der Waals surface area contributed by atoms with Crippen molar-refractivity contribution in [3.8, 4) is 0 Å². The summed E-state index contributed by atoms with van der Waals surface area (Å²) in [5, 5.41) is 5.94. The zero-order valence-electron chi connectivity index (χ0n) is 11.0. The summed E-state index contributed by atoms with van der Waals surface area (Å²) in [7, 11) is 0. The smallest absolute Gasteiger partial charge is 0.0524 e.